The lowest BCUT2D eigenvalue weighted by Crippen LogP contribution is -2.35. The molecule has 2 aliphatic rings. The summed E-state index contributed by atoms with van der Waals surface area (Å²) in [5, 5.41) is 14.5. The molecule has 5 rings (SSSR count). The van der Waals surface area contributed by atoms with Gasteiger partial charge in [0.1, 0.15) is 0 Å². The second-order valence-electron chi connectivity index (χ2n) is 7.32. The summed E-state index contributed by atoms with van der Waals surface area (Å²) in [7, 11) is 0. The third-order valence-electron chi connectivity index (χ3n) is 5.23. The summed E-state index contributed by atoms with van der Waals surface area (Å²) in [6.07, 6.45) is -3.78. The second-order valence-corrected chi connectivity index (χ2v) is 7.76. The first-order chi connectivity index (χ1) is 14.8. The van der Waals surface area contributed by atoms with Gasteiger partial charge in [-0.25, -0.2) is 0 Å². The van der Waals surface area contributed by atoms with E-state index in [9.17, 15) is 18.7 Å². The number of carbonyl (C=O) groups excluding carboxylic acids is 1. The molecule has 11 heteroatoms. The fraction of sp³-hybridized carbons (Fsp3) is 0.250. The smallest absolute Gasteiger partial charge is 0.395 e. The summed E-state index contributed by atoms with van der Waals surface area (Å²) in [6, 6.07) is 10.8. The van der Waals surface area contributed by atoms with E-state index in [4.69, 9.17) is 16.1 Å². The minimum absolute atomic E-state index is 0.0406. The van der Waals surface area contributed by atoms with Crippen LogP contribution in [0.25, 0.3) is 11.4 Å². The number of amides is 1. The Hall–Kier alpha value is -3.24. The van der Waals surface area contributed by atoms with Crippen molar-refractivity contribution < 1.29 is 32.7 Å². The Morgan fingerprint density at radius 3 is 2.61 bits per heavy atom. The number of halogens is 3. The number of anilines is 1. The molecule has 3 heterocycles. The van der Waals surface area contributed by atoms with Gasteiger partial charge in [-0.2, -0.15) is 4.98 Å². The number of benzene rings is 2. The zero-order chi connectivity index (χ0) is 21.8. The average Bonchev–Trinajstić information content (AvgIpc) is 3.42. The van der Waals surface area contributed by atoms with Crippen molar-refractivity contribution in [3.8, 4) is 22.9 Å². The number of aliphatic hydroxyl groups is 1. The zero-order valence-corrected chi connectivity index (χ0v) is 16.5. The number of ether oxygens (including phenoxy) is 2. The van der Waals surface area contributed by atoms with Crippen molar-refractivity contribution in [2.75, 3.05) is 18.1 Å². The number of hydrogen-bond acceptors (Lipinski definition) is 7. The zero-order valence-electron chi connectivity index (χ0n) is 15.7. The first-order valence-corrected chi connectivity index (χ1v) is 9.58. The Morgan fingerprint density at radius 1 is 1.13 bits per heavy atom. The van der Waals surface area contributed by atoms with Crippen LogP contribution in [-0.2, 0) is 10.2 Å². The molecule has 31 heavy (non-hydrogen) atoms. The summed E-state index contributed by atoms with van der Waals surface area (Å²) in [4.78, 5) is 18.5. The lowest BCUT2D eigenvalue weighted by molar-refractivity contribution is -0.286. The van der Waals surface area contributed by atoms with E-state index in [1.807, 2.05) is 0 Å². The number of alkyl halides is 2. The quantitative estimate of drug-likeness (QED) is 0.652. The Morgan fingerprint density at radius 2 is 1.87 bits per heavy atom. The van der Waals surface area contributed by atoms with Crippen molar-refractivity contribution in [1.82, 2.24) is 10.1 Å². The van der Waals surface area contributed by atoms with Crippen LogP contribution in [0.3, 0.4) is 0 Å². The van der Waals surface area contributed by atoms with Gasteiger partial charge >= 0.3 is 6.29 Å². The van der Waals surface area contributed by atoms with Crippen LogP contribution in [0, 0.1) is 0 Å². The van der Waals surface area contributed by atoms with Crippen molar-refractivity contribution in [2.45, 2.75) is 18.1 Å². The van der Waals surface area contributed by atoms with Crippen LogP contribution in [0.4, 0.5) is 14.5 Å². The Bertz CT molecular complexity index is 1170. The number of hydrogen-bond donors (Lipinski definition) is 1. The van der Waals surface area contributed by atoms with Crippen molar-refractivity contribution in [2.24, 2.45) is 0 Å². The van der Waals surface area contributed by atoms with Crippen molar-refractivity contribution in [1.29, 1.82) is 0 Å². The number of nitrogens with zero attached hydrogens (tertiary/aromatic N) is 3. The van der Waals surface area contributed by atoms with E-state index in [-0.39, 0.29) is 42.1 Å². The lowest BCUT2D eigenvalue weighted by atomic mass is 9.88. The predicted octanol–water partition coefficient (Wildman–Crippen LogP) is 3.38. The molecule has 0 bridgehead atoms. The Kier molecular flexibility index (Phi) is 4.38. The van der Waals surface area contributed by atoms with Crippen LogP contribution in [0.5, 0.6) is 11.5 Å². The molecule has 1 fully saturated rings. The highest BCUT2D eigenvalue weighted by Crippen LogP contribution is 2.43. The molecule has 1 N–H and O–H groups in total. The monoisotopic (exact) mass is 449 g/mol. The maximum absolute atomic E-state index is 13.2. The van der Waals surface area contributed by atoms with Gasteiger partial charge in [-0.3, -0.25) is 4.79 Å². The van der Waals surface area contributed by atoms with Gasteiger partial charge in [-0.05, 0) is 42.5 Å². The van der Waals surface area contributed by atoms with E-state index in [1.165, 1.54) is 23.1 Å². The molecule has 8 nitrogen and oxygen atoms in total. The first-order valence-electron chi connectivity index (χ1n) is 9.20. The van der Waals surface area contributed by atoms with Gasteiger partial charge < -0.3 is 24.0 Å². The van der Waals surface area contributed by atoms with Gasteiger partial charge in [-0.15, -0.1) is 8.78 Å². The molecule has 0 aliphatic carbocycles. The molecule has 3 aromatic rings. The van der Waals surface area contributed by atoms with Crippen LogP contribution in [-0.4, -0.2) is 40.6 Å². The molecule has 1 unspecified atom stereocenters. The number of aromatic nitrogens is 2. The molecule has 2 aromatic carbocycles. The van der Waals surface area contributed by atoms with Crippen molar-refractivity contribution in [3.63, 3.8) is 0 Å². The second kappa shape index (κ2) is 6.89. The van der Waals surface area contributed by atoms with E-state index >= 15 is 0 Å². The summed E-state index contributed by atoms with van der Waals surface area (Å²) in [6.45, 7) is -0.281. The van der Waals surface area contributed by atoms with E-state index in [0.29, 0.717) is 16.3 Å². The first kappa shape index (κ1) is 19.7. The summed E-state index contributed by atoms with van der Waals surface area (Å²) < 4.78 is 40.7. The highest BCUT2D eigenvalue weighted by molar-refractivity contribution is 6.30. The summed E-state index contributed by atoms with van der Waals surface area (Å²) in [5.41, 5.74) is -0.131. The number of aliphatic hydroxyl groups excluding tert-OH is 1. The van der Waals surface area contributed by atoms with Crippen molar-refractivity contribution in [3.05, 3.63) is 53.4 Å². The number of fused-ring (bicyclic) bond motifs is 1. The molecule has 1 saturated heterocycles. The van der Waals surface area contributed by atoms with Crippen LogP contribution in [0.2, 0.25) is 5.02 Å². The Labute approximate surface area is 178 Å². The molecule has 1 amide bonds. The van der Waals surface area contributed by atoms with Crippen LogP contribution < -0.4 is 14.4 Å². The third kappa shape index (κ3) is 3.37. The molecule has 0 saturated carbocycles. The van der Waals surface area contributed by atoms with E-state index < -0.39 is 18.3 Å². The van der Waals surface area contributed by atoms with E-state index in [2.05, 4.69) is 19.6 Å². The largest absolute Gasteiger partial charge is 0.586 e. The third-order valence-corrected chi connectivity index (χ3v) is 5.48. The molecule has 1 aromatic heterocycles. The maximum atomic E-state index is 13.2. The minimum atomic E-state index is -3.74. The van der Waals surface area contributed by atoms with Gasteiger partial charge in [-0.1, -0.05) is 16.8 Å². The standard InChI is InChI=1S/C20H14ClF2N3O5/c21-12-2-4-13(5-3-12)26-9-19(10-27,8-16(26)28)18-24-17(25-31-18)11-1-6-14-15(7-11)30-20(22,23)29-14/h1-7,27H,8-10H2. The fourth-order valence-corrected chi connectivity index (χ4v) is 3.77. The molecule has 2 aliphatic heterocycles. The van der Waals surface area contributed by atoms with Gasteiger partial charge in [0.2, 0.25) is 17.6 Å². The van der Waals surface area contributed by atoms with Crippen LogP contribution >= 0.6 is 11.6 Å². The SMILES string of the molecule is O=C1CC(CO)(c2nc(-c3ccc4c(c3)OC(F)(F)O4)no2)CN1c1ccc(Cl)cc1. The van der Waals surface area contributed by atoms with Gasteiger partial charge in [0.25, 0.3) is 0 Å². The summed E-state index contributed by atoms with van der Waals surface area (Å²) >= 11 is 5.91. The van der Waals surface area contributed by atoms with Crippen LogP contribution in [0.15, 0.2) is 47.0 Å². The minimum Gasteiger partial charge on any atom is -0.395 e. The van der Waals surface area contributed by atoms with E-state index in [1.54, 1.807) is 24.3 Å². The highest BCUT2D eigenvalue weighted by atomic mass is 35.5. The van der Waals surface area contributed by atoms with Crippen LogP contribution in [0.1, 0.15) is 12.3 Å². The van der Waals surface area contributed by atoms with Gasteiger partial charge in [0, 0.05) is 29.2 Å². The average molecular weight is 450 g/mol. The Balaban J connectivity index is 1.43. The number of carbonyl (C=O) groups is 1. The topological polar surface area (TPSA) is 97.9 Å². The summed E-state index contributed by atoms with van der Waals surface area (Å²) in [5.74, 6) is -0.318. The molecular weight excluding hydrogens is 436 g/mol. The van der Waals surface area contributed by atoms with E-state index in [0.717, 1.165) is 0 Å². The fourth-order valence-electron chi connectivity index (χ4n) is 3.65. The van der Waals surface area contributed by atoms with Gasteiger partial charge in [0.15, 0.2) is 11.5 Å². The highest BCUT2D eigenvalue weighted by Gasteiger charge is 2.49. The molecule has 0 spiro atoms. The molecular formula is C20H14ClF2N3O5. The van der Waals surface area contributed by atoms with Gasteiger partial charge in [0.05, 0.1) is 12.0 Å². The normalized spacial score (nSPS) is 21.7. The predicted molar refractivity (Wildman–Crippen MR) is 103 cm³/mol. The lowest BCUT2D eigenvalue weighted by Gasteiger charge is -2.22. The van der Waals surface area contributed by atoms with Crippen molar-refractivity contribution >= 4 is 23.2 Å². The molecule has 1 atom stereocenters. The maximum Gasteiger partial charge on any atom is 0.586 e. The molecule has 0 radical (unpaired) electrons. The number of rotatable bonds is 4. The molecule has 160 valence electrons.